The summed E-state index contributed by atoms with van der Waals surface area (Å²) in [6.45, 7) is 4.24. The predicted molar refractivity (Wildman–Crippen MR) is 80.6 cm³/mol. The van der Waals surface area contributed by atoms with E-state index in [2.05, 4.69) is 10.6 Å². The van der Waals surface area contributed by atoms with Gasteiger partial charge >= 0.3 is 5.69 Å². The number of amides is 1. The van der Waals surface area contributed by atoms with Crippen molar-refractivity contribution in [1.82, 2.24) is 5.32 Å². The highest BCUT2D eigenvalue weighted by molar-refractivity contribution is 6.00. The van der Waals surface area contributed by atoms with Gasteiger partial charge in [0.1, 0.15) is 11.3 Å². The van der Waals surface area contributed by atoms with Gasteiger partial charge in [-0.2, -0.15) is 0 Å². The Morgan fingerprint density at radius 2 is 2.10 bits per heavy atom. The number of nitro benzene ring substituents is 1. The van der Waals surface area contributed by atoms with Crippen molar-refractivity contribution in [3.63, 3.8) is 0 Å². The highest BCUT2D eigenvalue weighted by Gasteiger charge is 2.26. The van der Waals surface area contributed by atoms with Gasteiger partial charge in [-0.1, -0.05) is 19.9 Å². The summed E-state index contributed by atoms with van der Waals surface area (Å²) in [5.74, 6) is -0.324. The van der Waals surface area contributed by atoms with E-state index in [1.165, 1.54) is 6.07 Å². The van der Waals surface area contributed by atoms with Crippen LogP contribution in [0.3, 0.4) is 0 Å². The molecule has 0 spiro atoms. The largest absolute Gasteiger partial charge is 0.383 e. The fourth-order valence-electron chi connectivity index (χ4n) is 1.95. The Kier molecular flexibility index (Phi) is 6.10. The average molecular weight is 295 g/mol. The lowest BCUT2D eigenvalue weighted by molar-refractivity contribution is -0.384. The third-order valence-electron chi connectivity index (χ3n) is 3.20. The van der Waals surface area contributed by atoms with Crippen molar-refractivity contribution in [1.29, 1.82) is 0 Å². The number of ether oxygens (including phenoxy) is 1. The predicted octanol–water partition coefficient (Wildman–Crippen LogP) is 2.04. The topological polar surface area (TPSA) is 93.5 Å². The highest BCUT2D eigenvalue weighted by atomic mass is 16.6. The number of carbonyl (C=O) groups excluding carboxylic acids is 1. The molecule has 0 bridgehead atoms. The molecule has 1 amide bonds. The fraction of sp³-hybridized carbons (Fsp3) is 0.500. The lowest BCUT2D eigenvalue weighted by atomic mass is 10.0. The molecule has 1 unspecified atom stereocenters. The molecule has 116 valence electrons. The van der Waals surface area contributed by atoms with Crippen LogP contribution >= 0.6 is 0 Å². The van der Waals surface area contributed by atoms with E-state index >= 15 is 0 Å². The number of hydrogen-bond donors (Lipinski definition) is 2. The van der Waals surface area contributed by atoms with E-state index in [9.17, 15) is 14.9 Å². The van der Waals surface area contributed by atoms with Crippen LogP contribution in [0, 0.1) is 16.0 Å². The van der Waals surface area contributed by atoms with Crippen molar-refractivity contribution >= 4 is 17.3 Å². The van der Waals surface area contributed by atoms with Gasteiger partial charge in [0, 0.05) is 14.2 Å². The van der Waals surface area contributed by atoms with Gasteiger partial charge in [0.15, 0.2) is 0 Å². The van der Waals surface area contributed by atoms with Crippen LogP contribution < -0.4 is 10.6 Å². The first-order valence-corrected chi connectivity index (χ1v) is 6.67. The zero-order chi connectivity index (χ0) is 16.0. The maximum absolute atomic E-state index is 12.3. The summed E-state index contributed by atoms with van der Waals surface area (Å²) in [5, 5.41) is 16.7. The van der Waals surface area contributed by atoms with Crippen molar-refractivity contribution in [3.05, 3.63) is 33.9 Å². The number of rotatable bonds is 7. The summed E-state index contributed by atoms with van der Waals surface area (Å²) >= 11 is 0. The number of benzene rings is 1. The zero-order valence-electron chi connectivity index (χ0n) is 12.7. The molecule has 1 aromatic rings. The average Bonchev–Trinajstić information content (AvgIpc) is 2.45. The maximum Gasteiger partial charge on any atom is 0.305 e. The second kappa shape index (κ2) is 7.58. The quantitative estimate of drug-likeness (QED) is 0.593. The van der Waals surface area contributed by atoms with Crippen molar-refractivity contribution in [2.75, 3.05) is 26.1 Å². The Hall–Kier alpha value is -2.15. The number of carbonyl (C=O) groups is 1. The first kappa shape index (κ1) is 16.9. The van der Waals surface area contributed by atoms with E-state index < -0.39 is 10.8 Å². The Labute approximate surface area is 123 Å². The molecule has 1 rings (SSSR count). The minimum absolute atomic E-state index is 0.0357. The summed E-state index contributed by atoms with van der Waals surface area (Å²) in [5.41, 5.74) is 0.117. The van der Waals surface area contributed by atoms with Gasteiger partial charge < -0.3 is 15.4 Å². The molecule has 1 aromatic carbocycles. The summed E-state index contributed by atoms with van der Waals surface area (Å²) in [4.78, 5) is 23.0. The molecule has 0 aromatic heterocycles. The molecule has 21 heavy (non-hydrogen) atoms. The number of methoxy groups -OCH3 is 1. The highest BCUT2D eigenvalue weighted by Crippen LogP contribution is 2.28. The van der Waals surface area contributed by atoms with Gasteiger partial charge in [-0.15, -0.1) is 0 Å². The third-order valence-corrected chi connectivity index (χ3v) is 3.20. The van der Waals surface area contributed by atoms with Crippen molar-refractivity contribution in [2.24, 2.45) is 5.92 Å². The van der Waals surface area contributed by atoms with Crippen molar-refractivity contribution in [2.45, 2.75) is 19.9 Å². The van der Waals surface area contributed by atoms with E-state index in [0.29, 0.717) is 12.3 Å². The van der Waals surface area contributed by atoms with Gasteiger partial charge in [0.05, 0.1) is 17.6 Å². The minimum atomic E-state index is -0.554. The molecule has 7 nitrogen and oxygen atoms in total. The van der Waals surface area contributed by atoms with Crippen LogP contribution in [0.5, 0.6) is 0 Å². The molecule has 7 heteroatoms. The van der Waals surface area contributed by atoms with Gasteiger partial charge in [-0.05, 0) is 18.1 Å². The fourth-order valence-corrected chi connectivity index (χ4v) is 1.95. The molecule has 0 radical (unpaired) electrons. The molecule has 0 aliphatic rings. The zero-order valence-corrected chi connectivity index (χ0v) is 12.7. The molecular weight excluding hydrogens is 274 g/mol. The molecule has 2 N–H and O–H groups in total. The van der Waals surface area contributed by atoms with Crippen molar-refractivity contribution in [3.8, 4) is 0 Å². The van der Waals surface area contributed by atoms with E-state index in [-0.39, 0.29) is 23.2 Å². The number of hydrogen-bond acceptors (Lipinski definition) is 5. The van der Waals surface area contributed by atoms with Crippen LogP contribution in [0.15, 0.2) is 18.2 Å². The summed E-state index contributed by atoms with van der Waals surface area (Å²) in [6.07, 6.45) is 0. The second-order valence-corrected chi connectivity index (χ2v) is 4.99. The van der Waals surface area contributed by atoms with Gasteiger partial charge in [0.25, 0.3) is 5.91 Å². The molecule has 0 aliphatic heterocycles. The van der Waals surface area contributed by atoms with E-state index in [1.54, 1.807) is 26.3 Å². The molecule has 0 heterocycles. The van der Waals surface area contributed by atoms with E-state index in [4.69, 9.17) is 4.74 Å². The second-order valence-electron chi connectivity index (χ2n) is 4.99. The number of anilines is 1. The van der Waals surface area contributed by atoms with Crippen LogP contribution in [-0.4, -0.2) is 37.6 Å². The molecular formula is C14H21N3O4. The van der Waals surface area contributed by atoms with Crippen LogP contribution in [0.1, 0.15) is 24.2 Å². The monoisotopic (exact) mass is 295 g/mol. The Balaban J connectivity index is 3.09. The van der Waals surface area contributed by atoms with Crippen LogP contribution in [0.25, 0.3) is 0 Å². The number of nitrogens with zero attached hydrogens (tertiary/aromatic N) is 1. The van der Waals surface area contributed by atoms with E-state index in [0.717, 1.165) is 0 Å². The lowest BCUT2D eigenvalue weighted by Gasteiger charge is -2.21. The van der Waals surface area contributed by atoms with Gasteiger partial charge in [-0.25, -0.2) is 0 Å². The summed E-state index contributed by atoms with van der Waals surface area (Å²) in [7, 11) is 3.12. The molecule has 1 atom stereocenters. The number of para-hydroxylation sites is 1. The number of nitrogens with one attached hydrogen (secondary N) is 2. The Bertz CT molecular complexity index is 517. The van der Waals surface area contributed by atoms with Crippen molar-refractivity contribution < 1.29 is 14.5 Å². The number of nitro groups is 1. The molecule has 0 saturated heterocycles. The van der Waals surface area contributed by atoms with Gasteiger partial charge in [0.2, 0.25) is 0 Å². The first-order valence-electron chi connectivity index (χ1n) is 6.67. The first-order chi connectivity index (χ1) is 9.92. The normalized spacial score (nSPS) is 12.0. The summed E-state index contributed by atoms with van der Waals surface area (Å²) < 4.78 is 5.06. The van der Waals surface area contributed by atoms with E-state index in [1.807, 2.05) is 13.8 Å². The minimum Gasteiger partial charge on any atom is -0.383 e. The molecule has 0 aliphatic carbocycles. The molecule has 0 saturated carbocycles. The Morgan fingerprint density at radius 3 is 2.57 bits per heavy atom. The maximum atomic E-state index is 12.3. The molecule has 0 fully saturated rings. The smallest absolute Gasteiger partial charge is 0.305 e. The standard InChI is InChI=1S/C14H21N3O4/c1-9(2)12(8-21-4)16-14(18)10-6-5-7-11(15-3)13(10)17(19)20/h5-7,9,12,15H,8H2,1-4H3,(H,16,18). The Morgan fingerprint density at radius 1 is 1.43 bits per heavy atom. The summed E-state index contributed by atoms with van der Waals surface area (Å²) in [6, 6.07) is 4.40. The van der Waals surface area contributed by atoms with Crippen LogP contribution in [-0.2, 0) is 4.74 Å². The van der Waals surface area contributed by atoms with Crippen LogP contribution in [0.2, 0.25) is 0 Å². The SMILES string of the molecule is CNc1cccc(C(=O)NC(COC)C(C)C)c1[N+](=O)[O-]. The lowest BCUT2D eigenvalue weighted by Crippen LogP contribution is -2.41. The van der Waals surface area contributed by atoms with Crippen LogP contribution in [0.4, 0.5) is 11.4 Å². The third kappa shape index (κ3) is 4.16. The van der Waals surface area contributed by atoms with Gasteiger partial charge in [-0.3, -0.25) is 14.9 Å².